The lowest BCUT2D eigenvalue weighted by Gasteiger charge is -2.81. The molecule has 0 atom stereocenters. The van der Waals surface area contributed by atoms with Crippen LogP contribution < -0.4 is 0 Å². The van der Waals surface area contributed by atoms with E-state index in [-0.39, 0.29) is 0 Å². The molecule has 0 aromatic carbocycles. The summed E-state index contributed by atoms with van der Waals surface area (Å²) in [5, 5.41) is 0. The Labute approximate surface area is 259 Å². The van der Waals surface area contributed by atoms with E-state index in [1.165, 1.54) is 0 Å². The molecule has 42 heavy (non-hydrogen) atoms. The van der Waals surface area contributed by atoms with Crippen molar-refractivity contribution in [3.63, 3.8) is 0 Å². The highest BCUT2D eigenvalue weighted by Gasteiger charge is 2.88. The van der Waals surface area contributed by atoms with Gasteiger partial charge < -0.3 is 0 Å². The summed E-state index contributed by atoms with van der Waals surface area (Å²) in [5.41, 5.74) is 4.03. The van der Waals surface area contributed by atoms with Gasteiger partial charge in [-0.2, -0.15) is 0 Å². The van der Waals surface area contributed by atoms with Crippen molar-refractivity contribution >= 4 is 42.7 Å². The van der Waals surface area contributed by atoms with E-state index >= 15 is 0 Å². The van der Waals surface area contributed by atoms with Gasteiger partial charge in [0.25, 0.3) is 0 Å². The van der Waals surface area contributed by atoms with Crippen LogP contribution in [-0.4, -0.2) is 42.7 Å². The monoisotopic (exact) mass is 648 g/mol. The van der Waals surface area contributed by atoms with Gasteiger partial charge in [-0.3, -0.25) is 0 Å². The lowest BCUT2D eigenvalue weighted by atomic mass is 10.5. The SMILES string of the molecule is C[Si]1(C2C=CC=C2)[Si](C)(C2C=CC=C2)[Si](C)(C2C=CC=C2)[Si](C)(C2C=CC=C2)[Si](C)(C2C=CC=C2)[Si]1(C)C1C=CC=C1. The number of hydrogen-bond donors (Lipinski definition) is 0. The molecule has 0 aromatic rings. The van der Waals surface area contributed by atoms with E-state index in [9.17, 15) is 0 Å². The topological polar surface area (TPSA) is 0 Å². The molecule has 6 aliphatic carbocycles. The van der Waals surface area contributed by atoms with Crippen molar-refractivity contribution in [2.24, 2.45) is 0 Å². The van der Waals surface area contributed by atoms with Gasteiger partial charge >= 0.3 is 0 Å². The fourth-order valence-corrected chi connectivity index (χ4v) is 265. The van der Waals surface area contributed by atoms with Gasteiger partial charge in [-0.15, -0.1) is 0 Å². The maximum absolute atomic E-state index is 3.06. The maximum Gasteiger partial charge on any atom is 0.0483 e. The molecule has 7 aliphatic rings. The first-order valence-corrected chi connectivity index (χ1v) is 37.7. The predicted octanol–water partition coefficient (Wildman–Crippen LogP) is 9.92. The van der Waals surface area contributed by atoms with E-state index in [1.54, 1.807) is 0 Å². The lowest BCUT2D eigenvalue weighted by Crippen LogP contribution is -3.06. The summed E-state index contributed by atoms with van der Waals surface area (Å²) in [4.78, 5) is 0. The number of hydrogen-bond acceptors (Lipinski definition) is 0. The summed E-state index contributed by atoms with van der Waals surface area (Å²) in [5.74, 6) is 0. The molecule has 0 spiro atoms. The predicted molar refractivity (Wildman–Crippen MR) is 202 cm³/mol. The van der Waals surface area contributed by atoms with E-state index < -0.39 is 42.7 Å². The fourth-order valence-electron chi connectivity index (χ4n) is 12.3. The third-order valence-electron chi connectivity index (χ3n) is 15.0. The molecule has 0 N–H and O–H groups in total. The van der Waals surface area contributed by atoms with Crippen LogP contribution in [0.5, 0.6) is 0 Å². The molecular formula is C36H48Si6. The van der Waals surface area contributed by atoms with Crippen LogP contribution in [0, 0.1) is 0 Å². The summed E-state index contributed by atoms with van der Waals surface area (Å²) < 4.78 is 0. The number of rotatable bonds is 6. The lowest BCUT2D eigenvalue weighted by molar-refractivity contribution is 1.22. The largest absolute Gasteiger partial charge is 0.0809 e. The van der Waals surface area contributed by atoms with Crippen LogP contribution in [0.15, 0.2) is 146 Å². The normalized spacial score (nSPS) is 44.7. The molecule has 1 heterocycles. The summed E-state index contributed by atoms with van der Waals surface area (Å²) in [6, 6.07) is 0. The van der Waals surface area contributed by atoms with Crippen LogP contribution in [0.2, 0.25) is 72.5 Å². The molecule has 0 amide bonds. The minimum Gasteiger partial charge on any atom is -0.0809 e. The Bertz CT molecular complexity index is 1140. The molecule has 0 radical (unpaired) electrons. The van der Waals surface area contributed by atoms with Crippen LogP contribution in [0.25, 0.3) is 0 Å². The maximum atomic E-state index is 3.06. The zero-order valence-corrected chi connectivity index (χ0v) is 32.3. The first-order valence-electron chi connectivity index (χ1n) is 16.2. The Hall–Kier alpha value is -1.82. The highest BCUT2D eigenvalue weighted by molar-refractivity contribution is 8.15. The van der Waals surface area contributed by atoms with E-state index in [2.05, 4.69) is 185 Å². The van der Waals surface area contributed by atoms with Crippen LogP contribution in [0.4, 0.5) is 0 Å². The second kappa shape index (κ2) is 9.84. The van der Waals surface area contributed by atoms with Crippen molar-refractivity contribution in [2.45, 2.75) is 72.5 Å². The summed E-state index contributed by atoms with van der Waals surface area (Å²) >= 11 is 0. The van der Waals surface area contributed by atoms with E-state index in [0.29, 0.717) is 33.2 Å². The molecule has 1 aliphatic heterocycles. The molecular weight excluding hydrogens is 601 g/mol. The van der Waals surface area contributed by atoms with Crippen molar-refractivity contribution in [1.82, 2.24) is 0 Å². The zero-order chi connectivity index (χ0) is 29.4. The molecule has 6 heteroatoms. The van der Waals surface area contributed by atoms with Gasteiger partial charge in [0.2, 0.25) is 0 Å². The molecule has 0 unspecified atom stereocenters. The van der Waals surface area contributed by atoms with Crippen LogP contribution >= 0.6 is 0 Å². The van der Waals surface area contributed by atoms with Crippen molar-refractivity contribution in [3.05, 3.63) is 146 Å². The van der Waals surface area contributed by atoms with Crippen molar-refractivity contribution in [1.29, 1.82) is 0 Å². The van der Waals surface area contributed by atoms with Crippen LogP contribution in [0.1, 0.15) is 0 Å². The summed E-state index contributed by atoms with van der Waals surface area (Å²) in [7, 11) is -12.1. The quantitative estimate of drug-likeness (QED) is 0.252. The van der Waals surface area contributed by atoms with E-state index in [1.807, 2.05) is 0 Å². The zero-order valence-electron chi connectivity index (χ0n) is 26.3. The van der Waals surface area contributed by atoms with Gasteiger partial charge in [-0.05, 0) is 33.2 Å². The molecule has 1 fully saturated rings. The fraction of sp³-hybridized carbons (Fsp3) is 0.333. The average molecular weight is 649 g/mol. The van der Waals surface area contributed by atoms with Crippen LogP contribution in [0.3, 0.4) is 0 Å². The smallest absolute Gasteiger partial charge is 0.0483 e. The molecule has 0 saturated carbocycles. The Balaban J connectivity index is 1.69. The molecule has 216 valence electrons. The summed E-state index contributed by atoms with van der Waals surface area (Å²) in [6.07, 6.45) is 61.8. The minimum atomic E-state index is -2.01. The molecule has 0 bridgehead atoms. The van der Waals surface area contributed by atoms with E-state index in [4.69, 9.17) is 0 Å². The average Bonchev–Trinajstić information content (AvgIpc) is 3.85. The van der Waals surface area contributed by atoms with Gasteiger partial charge in [-0.25, -0.2) is 0 Å². The van der Waals surface area contributed by atoms with Gasteiger partial charge in [0.05, 0.1) is 0 Å². The Morgan fingerprint density at radius 2 is 0.310 bits per heavy atom. The van der Waals surface area contributed by atoms with E-state index in [0.717, 1.165) is 0 Å². The molecule has 0 aromatic heterocycles. The highest BCUT2D eigenvalue weighted by Crippen LogP contribution is 2.70. The Morgan fingerprint density at radius 1 is 0.214 bits per heavy atom. The van der Waals surface area contributed by atoms with Gasteiger partial charge in [0.1, 0.15) is 0 Å². The molecule has 7 rings (SSSR count). The third kappa shape index (κ3) is 3.11. The molecule has 0 nitrogen and oxygen atoms in total. The van der Waals surface area contributed by atoms with Gasteiger partial charge in [0.15, 0.2) is 0 Å². The van der Waals surface area contributed by atoms with Crippen molar-refractivity contribution in [2.75, 3.05) is 0 Å². The van der Waals surface area contributed by atoms with Crippen molar-refractivity contribution in [3.8, 4) is 0 Å². The molecule has 1 saturated heterocycles. The Kier molecular flexibility index (Phi) is 6.78. The second-order valence-electron chi connectivity index (χ2n) is 15.0. The van der Waals surface area contributed by atoms with Crippen molar-refractivity contribution < 1.29 is 0 Å². The standard InChI is InChI=1S/C36H48Si6/c1-37(31-19-7-8-20-31)38(2,32-21-9-10-22-32)40(4,34-25-13-14-26-34)42(6,36-29-17-18-30-36)41(5,35-27-15-16-28-35)39(37,3)33-23-11-12-24-33/h7-36H,1-6H3. The Morgan fingerprint density at radius 3 is 0.405 bits per heavy atom. The third-order valence-corrected chi connectivity index (χ3v) is 159. The minimum absolute atomic E-state index is 0.672. The first-order chi connectivity index (χ1) is 20.1. The van der Waals surface area contributed by atoms with Gasteiger partial charge in [-0.1, -0.05) is 185 Å². The number of allylic oxidation sites excluding steroid dienone is 24. The van der Waals surface area contributed by atoms with Crippen LogP contribution in [-0.2, 0) is 0 Å². The highest BCUT2D eigenvalue weighted by atomic mass is 30.2. The second-order valence-corrected chi connectivity index (χ2v) is 79.8. The van der Waals surface area contributed by atoms with Gasteiger partial charge in [0, 0.05) is 42.7 Å². The summed E-state index contributed by atoms with van der Waals surface area (Å²) in [6.45, 7) is 18.4. The first kappa shape index (κ1) is 28.9.